The van der Waals surface area contributed by atoms with E-state index in [1.165, 1.54) is 11.3 Å². The Hall–Kier alpha value is -3.07. The molecule has 0 radical (unpaired) electrons. The number of benzene rings is 1. The van der Waals surface area contributed by atoms with Gasteiger partial charge in [-0.05, 0) is 47.2 Å². The highest BCUT2D eigenvalue weighted by Crippen LogP contribution is 2.30. The largest absolute Gasteiger partial charge is 0.338 e. The topological polar surface area (TPSA) is 97.1 Å². The number of aromatic nitrogens is 5. The summed E-state index contributed by atoms with van der Waals surface area (Å²) in [5.74, 6) is 0. The number of nitrogens with zero attached hydrogens (tertiary/aromatic N) is 5. The van der Waals surface area contributed by atoms with Crippen LogP contribution in [-0.4, -0.2) is 37.6 Å². The number of hydrogen-bond acceptors (Lipinski definition) is 6. The normalized spacial score (nSPS) is 11.0. The van der Waals surface area contributed by atoms with Crippen molar-refractivity contribution in [1.29, 1.82) is 0 Å². The maximum atomic E-state index is 11.6. The van der Waals surface area contributed by atoms with E-state index in [-0.39, 0.29) is 6.03 Å². The number of thiazole rings is 1. The highest BCUT2D eigenvalue weighted by Gasteiger charge is 2.09. The molecule has 4 rings (SSSR count). The molecule has 4 aromatic rings. The third-order valence-corrected chi connectivity index (χ3v) is 4.42. The Bertz CT molecular complexity index is 1040. The van der Waals surface area contributed by atoms with E-state index in [9.17, 15) is 4.79 Å². The number of carbonyl (C=O) groups excluding carboxylic acids is 1. The number of carbonyl (C=O) groups is 1. The zero-order chi connectivity index (χ0) is 16.5. The van der Waals surface area contributed by atoms with Crippen molar-refractivity contribution in [3.05, 3.63) is 36.5 Å². The molecule has 2 amide bonds. The second-order valence-electron chi connectivity index (χ2n) is 5.09. The zero-order valence-corrected chi connectivity index (χ0v) is 13.5. The molecule has 0 aliphatic heterocycles. The minimum Gasteiger partial charge on any atom is -0.338 e. The average Bonchev–Trinajstić information content (AvgIpc) is 3.19. The summed E-state index contributed by atoms with van der Waals surface area (Å²) in [4.78, 5) is 16.1. The molecule has 0 spiro atoms. The van der Waals surface area contributed by atoms with Crippen LogP contribution >= 0.6 is 11.3 Å². The van der Waals surface area contributed by atoms with Crippen molar-refractivity contribution >= 4 is 38.4 Å². The van der Waals surface area contributed by atoms with Crippen LogP contribution in [0.2, 0.25) is 0 Å². The molecular formula is C15H13N7OS. The summed E-state index contributed by atoms with van der Waals surface area (Å²) in [5, 5.41) is 17.4. The number of anilines is 1. The molecule has 8 nitrogen and oxygen atoms in total. The summed E-state index contributed by atoms with van der Waals surface area (Å²) < 4.78 is 2.64. The molecule has 3 aromatic heterocycles. The lowest BCUT2D eigenvalue weighted by Crippen LogP contribution is -2.28. The zero-order valence-electron chi connectivity index (χ0n) is 12.7. The molecule has 0 saturated carbocycles. The van der Waals surface area contributed by atoms with Gasteiger partial charge >= 0.3 is 6.03 Å². The number of amides is 2. The first-order valence-corrected chi connectivity index (χ1v) is 8.18. The van der Waals surface area contributed by atoms with Crippen molar-refractivity contribution < 1.29 is 4.79 Å². The van der Waals surface area contributed by atoms with Gasteiger partial charge in [-0.3, -0.25) is 5.32 Å². The highest BCUT2D eigenvalue weighted by molar-refractivity contribution is 7.22. The van der Waals surface area contributed by atoms with Crippen LogP contribution in [0.15, 0.2) is 36.5 Å². The molecule has 0 fully saturated rings. The van der Waals surface area contributed by atoms with Gasteiger partial charge < -0.3 is 5.32 Å². The van der Waals surface area contributed by atoms with Gasteiger partial charge in [0.25, 0.3) is 0 Å². The minimum atomic E-state index is -0.249. The molecule has 1 aromatic carbocycles. The maximum absolute atomic E-state index is 11.6. The van der Waals surface area contributed by atoms with Gasteiger partial charge in [-0.2, -0.15) is 0 Å². The van der Waals surface area contributed by atoms with Crippen LogP contribution in [0.25, 0.3) is 27.0 Å². The fourth-order valence-corrected chi connectivity index (χ4v) is 3.22. The number of tetrazole rings is 1. The molecule has 0 saturated heterocycles. The van der Waals surface area contributed by atoms with Crippen LogP contribution < -0.4 is 10.6 Å². The SMILES string of the molecule is CCNC(=O)Nc1nc2cc(-c3ccc4nnnn4c3)ccc2s1. The Labute approximate surface area is 140 Å². The summed E-state index contributed by atoms with van der Waals surface area (Å²) >= 11 is 1.44. The quantitative estimate of drug-likeness (QED) is 0.598. The lowest BCUT2D eigenvalue weighted by atomic mass is 10.1. The molecule has 2 N–H and O–H groups in total. The van der Waals surface area contributed by atoms with E-state index in [0.29, 0.717) is 17.3 Å². The Balaban J connectivity index is 1.68. The molecule has 24 heavy (non-hydrogen) atoms. The third-order valence-electron chi connectivity index (χ3n) is 3.47. The Morgan fingerprint density at radius 1 is 1.25 bits per heavy atom. The van der Waals surface area contributed by atoms with Crippen LogP contribution in [-0.2, 0) is 0 Å². The predicted molar refractivity (Wildman–Crippen MR) is 92.1 cm³/mol. The van der Waals surface area contributed by atoms with E-state index in [4.69, 9.17) is 0 Å². The number of nitrogens with one attached hydrogen (secondary N) is 2. The van der Waals surface area contributed by atoms with Crippen LogP contribution in [0, 0.1) is 0 Å². The van der Waals surface area contributed by atoms with Crippen molar-refractivity contribution in [2.24, 2.45) is 0 Å². The van der Waals surface area contributed by atoms with Gasteiger partial charge in [-0.15, -0.1) is 5.10 Å². The standard InChI is InChI=1S/C15H13N7OS/c1-2-16-14(23)18-15-17-11-7-9(3-5-12(11)24-15)10-4-6-13-19-20-21-22(13)8-10/h3-8H,2H2,1H3,(H2,16,17,18,23). The van der Waals surface area contributed by atoms with Crippen molar-refractivity contribution in [3.8, 4) is 11.1 Å². The van der Waals surface area contributed by atoms with E-state index in [1.807, 2.05) is 43.5 Å². The van der Waals surface area contributed by atoms with Crippen molar-refractivity contribution in [2.45, 2.75) is 6.92 Å². The molecule has 9 heteroatoms. The first-order valence-electron chi connectivity index (χ1n) is 7.36. The maximum Gasteiger partial charge on any atom is 0.321 e. The second kappa shape index (κ2) is 5.85. The molecule has 0 aliphatic rings. The lowest BCUT2D eigenvalue weighted by Gasteiger charge is -2.01. The second-order valence-corrected chi connectivity index (χ2v) is 6.12. The van der Waals surface area contributed by atoms with E-state index in [0.717, 1.165) is 21.3 Å². The minimum absolute atomic E-state index is 0.249. The molecule has 0 aliphatic carbocycles. The molecule has 0 atom stereocenters. The summed E-state index contributed by atoms with van der Waals surface area (Å²) in [6, 6.07) is 9.58. The predicted octanol–water partition coefficient (Wildman–Crippen LogP) is 2.54. The average molecular weight is 339 g/mol. The van der Waals surface area contributed by atoms with Crippen LogP contribution in [0.3, 0.4) is 0 Å². The van der Waals surface area contributed by atoms with E-state index in [1.54, 1.807) is 4.52 Å². The van der Waals surface area contributed by atoms with Gasteiger partial charge in [0.2, 0.25) is 0 Å². The summed E-state index contributed by atoms with van der Waals surface area (Å²) in [6.07, 6.45) is 1.87. The molecule has 3 heterocycles. The Morgan fingerprint density at radius 2 is 2.12 bits per heavy atom. The number of fused-ring (bicyclic) bond motifs is 2. The van der Waals surface area contributed by atoms with E-state index < -0.39 is 0 Å². The van der Waals surface area contributed by atoms with Crippen LogP contribution in [0.4, 0.5) is 9.93 Å². The summed E-state index contributed by atoms with van der Waals surface area (Å²) in [6.45, 7) is 2.44. The van der Waals surface area contributed by atoms with Gasteiger partial charge in [0.1, 0.15) is 0 Å². The van der Waals surface area contributed by atoms with Crippen molar-refractivity contribution in [2.75, 3.05) is 11.9 Å². The molecule has 120 valence electrons. The Morgan fingerprint density at radius 3 is 3.00 bits per heavy atom. The molecule has 0 unspecified atom stereocenters. The van der Waals surface area contributed by atoms with Crippen LogP contribution in [0.1, 0.15) is 6.92 Å². The monoisotopic (exact) mass is 339 g/mol. The van der Waals surface area contributed by atoms with Gasteiger partial charge in [0, 0.05) is 18.3 Å². The van der Waals surface area contributed by atoms with E-state index >= 15 is 0 Å². The number of pyridine rings is 1. The number of hydrogen-bond donors (Lipinski definition) is 2. The molecule has 0 bridgehead atoms. The van der Waals surface area contributed by atoms with Crippen LogP contribution in [0.5, 0.6) is 0 Å². The first kappa shape index (κ1) is 14.5. The molecular weight excluding hydrogens is 326 g/mol. The third kappa shape index (κ3) is 2.65. The summed E-state index contributed by atoms with van der Waals surface area (Å²) in [7, 11) is 0. The summed E-state index contributed by atoms with van der Waals surface area (Å²) in [5.41, 5.74) is 3.53. The smallest absolute Gasteiger partial charge is 0.321 e. The van der Waals surface area contributed by atoms with Gasteiger partial charge in [-0.25, -0.2) is 14.3 Å². The van der Waals surface area contributed by atoms with E-state index in [2.05, 4.69) is 31.1 Å². The highest BCUT2D eigenvalue weighted by atomic mass is 32.1. The van der Waals surface area contributed by atoms with Gasteiger partial charge in [-0.1, -0.05) is 17.4 Å². The fourth-order valence-electron chi connectivity index (χ4n) is 2.37. The lowest BCUT2D eigenvalue weighted by molar-refractivity contribution is 0.252. The number of rotatable bonds is 3. The van der Waals surface area contributed by atoms with Crippen molar-refractivity contribution in [3.63, 3.8) is 0 Å². The van der Waals surface area contributed by atoms with Gasteiger partial charge in [0.15, 0.2) is 10.8 Å². The van der Waals surface area contributed by atoms with Crippen molar-refractivity contribution in [1.82, 2.24) is 30.3 Å². The Kier molecular flexibility index (Phi) is 3.54. The first-order chi connectivity index (χ1) is 11.7. The van der Waals surface area contributed by atoms with Gasteiger partial charge in [0.05, 0.1) is 10.2 Å². The fraction of sp³-hybridized carbons (Fsp3) is 0.133. The number of urea groups is 1.